The standard InChI is InChI=1S/C24H26N4O2/c1-4-5-8-11-30-24(29)20-21-23(27-19-10-7-6-9-18(19)26-21)28(22(20)25)17-13-15(2)12-16(3)14-17/h6-7,9-10,12-14H,4-5,8,11,25H2,1-3H3. The summed E-state index contributed by atoms with van der Waals surface area (Å²) in [6.45, 7) is 6.53. The Balaban J connectivity index is 1.93. The summed E-state index contributed by atoms with van der Waals surface area (Å²) in [6.07, 6.45) is 2.90. The lowest BCUT2D eigenvalue weighted by Crippen LogP contribution is -2.10. The Bertz CT molecular complexity index is 1220. The van der Waals surface area contributed by atoms with Gasteiger partial charge in [0.05, 0.1) is 17.6 Å². The van der Waals surface area contributed by atoms with Gasteiger partial charge in [0.15, 0.2) is 5.65 Å². The first-order valence-electron chi connectivity index (χ1n) is 10.3. The van der Waals surface area contributed by atoms with Gasteiger partial charge in [0.1, 0.15) is 16.9 Å². The zero-order chi connectivity index (χ0) is 21.3. The molecule has 2 aromatic heterocycles. The van der Waals surface area contributed by atoms with Gasteiger partial charge in [-0.1, -0.05) is 38.0 Å². The van der Waals surface area contributed by atoms with Gasteiger partial charge < -0.3 is 10.5 Å². The number of hydrogen-bond donors (Lipinski definition) is 1. The number of hydrogen-bond acceptors (Lipinski definition) is 5. The fourth-order valence-corrected chi connectivity index (χ4v) is 3.79. The van der Waals surface area contributed by atoms with Gasteiger partial charge in [0.2, 0.25) is 0 Å². The molecule has 6 heteroatoms. The highest BCUT2D eigenvalue weighted by Gasteiger charge is 2.26. The highest BCUT2D eigenvalue weighted by Crippen LogP contribution is 2.32. The molecule has 0 bridgehead atoms. The summed E-state index contributed by atoms with van der Waals surface area (Å²) in [5.74, 6) is -0.160. The Kier molecular flexibility index (Phi) is 5.40. The number of nitrogens with zero attached hydrogens (tertiary/aromatic N) is 3. The fourth-order valence-electron chi connectivity index (χ4n) is 3.79. The maximum atomic E-state index is 13.0. The molecule has 30 heavy (non-hydrogen) atoms. The highest BCUT2D eigenvalue weighted by atomic mass is 16.5. The first-order valence-corrected chi connectivity index (χ1v) is 10.3. The molecular weight excluding hydrogens is 376 g/mol. The number of ether oxygens (including phenoxy) is 1. The van der Waals surface area contributed by atoms with Crippen molar-refractivity contribution in [2.75, 3.05) is 12.3 Å². The maximum absolute atomic E-state index is 13.0. The topological polar surface area (TPSA) is 83.0 Å². The molecule has 2 aromatic carbocycles. The van der Waals surface area contributed by atoms with E-state index < -0.39 is 5.97 Å². The van der Waals surface area contributed by atoms with Crippen molar-refractivity contribution in [1.29, 1.82) is 0 Å². The van der Waals surface area contributed by atoms with Crippen molar-refractivity contribution in [3.63, 3.8) is 0 Å². The second kappa shape index (κ2) is 8.14. The van der Waals surface area contributed by atoms with Crippen LogP contribution in [0.5, 0.6) is 0 Å². The van der Waals surface area contributed by atoms with Crippen molar-refractivity contribution in [2.24, 2.45) is 0 Å². The van der Waals surface area contributed by atoms with E-state index in [1.165, 1.54) is 0 Å². The maximum Gasteiger partial charge on any atom is 0.344 e. The number of aryl methyl sites for hydroxylation is 2. The Morgan fingerprint density at radius 3 is 2.37 bits per heavy atom. The number of anilines is 1. The molecule has 0 spiro atoms. The largest absolute Gasteiger partial charge is 0.462 e. The molecule has 0 fully saturated rings. The second-order valence-electron chi connectivity index (χ2n) is 7.67. The summed E-state index contributed by atoms with van der Waals surface area (Å²) in [5.41, 5.74) is 12.3. The van der Waals surface area contributed by atoms with E-state index in [1.54, 1.807) is 4.57 Å². The lowest BCUT2D eigenvalue weighted by atomic mass is 10.1. The highest BCUT2D eigenvalue weighted by molar-refractivity contribution is 6.09. The van der Waals surface area contributed by atoms with Crippen LogP contribution in [0.2, 0.25) is 0 Å². The number of aromatic nitrogens is 3. The number of esters is 1. The normalized spacial score (nSPS) is 11.3. The Labute approximate surface area is 175 Å². The van der Waals surface area contributed by atoms with Crippen LogP contribution in [0.3, 0.4) is 0 Å². The molecule has 0 unspecified atom stereocenters. The van der Waals surface area contributed by atoms with Gasteiger partial charge >= 0.3 is 5.97 Å². The lowest BCUT2D eigenvalue weighted by Gasteiger charge is -2.10. The van der Waals surface area contributed by atoms with E-state index in [2.05, 4.69) is 13.0 Å². The van der Waals surface area contributed by atoms with Gasteiger partial charge in [-0.25, -0.2) is 14.8 Å². The second-order valence-corrected chi connectivity index (χ2v) is 7.67. The number of carbonyl (C=O) groups is 1. The Morgan fingerprint density at radius 1 is 1.03 bits per heavy atom. The molecule has 0 atom stereocenters. The van der Waals surface area contributed by atoms with Gasteiger partial charge in [-0.05, 0) is 55.7 Å². The van der Waals surface area contributed by atoms with Gasteiger partial charge in [-0.3, -0.25) is 4.57 Å². The molecule has 0 aliphatic rings. The van der Waals surface area contributed by atoms with Crippen LogP contribution in [0.1, 0.15) is 47.7 Å². The van der Waals surface area contributed by atoms with Crippen LogP contribution < -0.4 is 5.73 Å². The number of benzene rings is 2. The zero-order valence-corrected chi connectivity index (χ0v) is 17.6. The van der Waals surface area contributed by atoms with E-state index in [-0.39, 0.29) is 5.56 Å². The van der Waals surface area contributed by atoms with Gasteiger partial charge in [0.25, 0.3) is 0 Å². The molecule has 0 amide bonds. The van der Waals surface area contributed by atoms with Crippen molar-refractivity contribution in [1.82, 2.24) is 14.5 Å². The van der Waals surface area contributed by atoms with Crippen molar-refractivity contribution in [3.8, 4) is 5.69 Å². The quantitative estimate of drug-likeness (QED) is 0.357. The van der Waals surface area contributed by atoms with Crippen LogP contribution in [0.15, 0.2) is 42.5 Å². The third-order valence-electron chi connectivity index (χ3n) is 5.15. The summed E-state index contributed by atoms with van der Waals surface area (Å²) >= 11 is 0. The smallest absolute Gasteiger partial charge is 0.344 e. The zero-order valence-electron chi connectivity index (χ0n) is 17.6. The van der Waals surface area contributed by atoms with E-state index >= 15 is 0 Å². The molecule has 2 N–H and O–H groups in total. The number of fused-ring (bicyclic) bond motifs is 2. The van der Waals surface area contributed by atoms with Crippen molar-refractivity contribution in [3.05, 3.63) is 59.2 Å². The summed E-state index contributed by atoms with van der Waals surface area (Å²) in [6, 6.07) is 13.7. The molecule has 0 aliphatic carbocycles. The lowest BCUT2D eigenvalue weighted by molar-refractivity contribution is 0.0501. The Morgan fingerprint density at radius 2 is 1.70 bits per heavy atom. The predicted molar refractivity (Wildman–Crippen MR) is 120 cm³/mol. The van der Waals surface area contributed by atoms with Crippen LogP contribution in [0.4, 0.5) is 5.82 Å². The molecule has 0 saturated heterocycles. The molecule has 4 aromatic rings. The number of nitrogens with two attached hydrogens (primary N) is 1. The van der Waals surface area contributed by atoms with Crippen molar-refractivity contribution >= 4 is 34.0 Å². The van der Waals surface area contributed by atoms with E-state index in [0.717, 1.165) is 41.6 Å². The molecule has 0 radical (unpaired) electrons. The fraction of sp³-hybridized carbons (Fsp3) is 0.292. The monoisotopic (exact) mass is 402 g/mol. The average molecular weight is 402 g/mol. The molecule has 0 aliphatic heterocycles. The van der Waals surface area contributed by atoms with Crippen LogP contribution >= 0.6 is 0 Å². The summed E-state index contributed by atoms with van der Waals surface area (Å²) in [5, 5.41) is 0. The third kappa shape index (κ3) is 3.61. The minimum atomic E-state index is -0.457. The minimum absolute atomic E-state index is 0.277. The number of nitrogen functional groups attached to an aromatic ring is 1. The van der Waals surface area contributed by atoms with E-state index in [0.29, 0.717) is 29.1 Å². The minimum Gasteiger partial charge on any atom is -0.462 e. The van der Waals surface area contributed by atoms with Crippen LogP contribution in [0, 0.1) is 13.8 Å². The van der Waals surface area contributed by atoms with E-state index in [1.807, 2.05) is 50.2 Å². The average Bonchev–Trinajstić information content (AvgIpc) is 2.99. The first kappa shape index (κ1) is 19.9. The van der Waals surface area contributed by atoms with Crippen LogP contribution in [0.25, 0.3) is 27.9 Å². The molecule has 154 valence electrons. The number of unbranched alkanes of at least 4 members (excludes halogenated alkanes) is 2. The van der Waals surface area contributed by atoms with E-state index in [9.17, 15) is 4.79 Å². The van der Waals surface area contributed by atoms with E-state index in [4.69, 9.17) is 20.4 Å². The van der Waals surface area contributed by atoms with Crippen molar-refractivity contribution < 1.29 is 9.53 Å². The molecular formula is C24H26N4O2. The SMILES string of the molecule is CCCCCOC(=O)c1c(N)n(-c2cc(C)cc(C)c2)c2nc3ccccc3nc12. The Hall–Kier alpha value is -3.41. The molecule has 6 nitrogen and oxygen atoms in total. The van der Waals surface area contributed by atoms with Gasteiger partial charge in [0, 0.05) is 5.69 Å². The first-order chi connectivity index (χ1) is 14.5. The van der Waals surface area contributed by atoms with Crippen molar-refractivity contribution in [2.45, 2.75) is 40.0 Å². The summed E-state index contributed by atoms with van der Waals surface area (Å²) in [4.78, 5) is 22.5. The number of rotatable bonds is 6. The molecule has 2 heterocycles. The number of carbonyl (C=O) groups excluding carboxylic acids is 1. The third-order valence-corrected chi connectivity index (χ3v) is 5.15. The van der Waals surface area contributed by atoms with Gasteiger partial charge in [-0.15, -0.1) is 0 Å². The van der Waals surface area contributed by atoms with Crippen LogP contribution in [-0.4, -0.2) is 27.1 Å². The molecule has 0 saturated carbocycles. The molecule has 4 rings (SSSR count). The summed E-state index contributed by atoms with van der Waals surface area (Å²) in [7, 11) is 0. The van der Waals surface area contributed by atoms with Gasteiger partial charge in [-0.2, -0.15) is 0 Å². The summed E-state index contributed by atoms with van der Waals surface area (Å²) < 4.78 is 7.33. The number of para-hydroxylation sites is 2. The predicted octanol–water partition coefficient (Wildman–Crippen LogP) is 5.12. The van der Waals surface area contributed by atoms with Crippen LogP contribution in [-0.2, 0) is 4.74 Å².